The highest BCUT2D eigenvalue weighted by Crippen LogP contribution is 2.07. The molecule has 0 amide bonds. The van der Waals surface area contributed by atoms with Gasteiger partial charge in [-0.1, -0.05) is 19.8 Å². The summed E-state index contributed by atoms with van der Waals surface area (Å²) in [5.41, 5.74) is 0. The molecular formula is C8H18O3S. The summed E-state index contributed by atoms with van der Waals surface area (Å²) in [6, 6.07) is 0. The smallest absolute Gasteiger partial charge is 0.267 e. The van der Waals surface area contributed by atoms with Crippen LogP contribution in [0.5, 0.6) is 0 Å². The largest absolute Gasteiger partial charge is 0.267 e. The van der Waals surface area contributed by atoms with Crippen molar-refractivity contribution in [1.29, 1.82) is 0 Å². The van der Waals surface area contributed by atoms with E-state index in [1.165, 1.54) is 0 Å². The maximum Gasteiger partial charge on any atom is 0.267 e. The molecule has 0 rings (SSSR count). The van der Waals surface area contributed by atoms with Crippen molar-refractivity contribution in [2.24, 2.45) is 0 Å². The lowest BCUT2D eigenvalue weighted by Crippen LogP contribution is -2.16. The first kappa shape index (κ1) is 11.9. The Balaban J connectivity index is 3.76. The topological polar surface area (TPSA) is 43.4 Å². The molecule has 1 unspecified atom stereocenters. The van der Waals surface area contributed by atoms with E-state index in [4.69, 9.17) is 4.18 Å². The monoisotopic (exact) mass is 194 g/mol. The minimum atomic E-state index is -3.25. The summed E-state index contributed by atoms with van der Waals surface area (Å²) < 4.78 is 26.8. The van der Waals surface area contributed by atoms with E-state index < -0.39 is 10.1 Å². The van der Waals surface area contributed by atoms with E-state index in [2.05, 4.69) is 6.92 Å². The first-order valence-electron chi connectivity index (χ1n) is 4.42. The molecule has 0 spiro atoms. The maximum atomic E-state index is 11.0. The molecular weight excluding hydrogens is 176 g/mol. The SMILES string of the molecule is CCCCC(C)OS(=O)(=O)CC. The minimum Gasteiger partial charge on any atom is -0.267 e. The highest BCUT2D eigenvalue weighted by Gasteiger charge is 2.12. The molecule has 0 aromatic rings. The average molecular weight is 194 g/mol. The van der Waals surface area contributed by atoms with E-state index in [1.807, 2.05) is 0 Å². The Morgan fingerprint density at radius 1 is 1.33 bits per heavy atom. The van der Waals surface area contributed by atoms with E-state index in [0.29, 0.717) is 0 Å². The van der Waals surface area contributed by atoms with Gasteiger partial charge in [0.05, 0.1) is 11.9 Å². The second-order valence-electron chi connectivity index (χ2n) is 2.90. The second-order valence-corrected chi connectivity index (χ2v) is 4.78. The van der Waals surface area contributed by atoms with Crippen molar-refractivity contribution < 1.29 is 12.6 Å². The third kappa shape index (κ3) is 5.55. The third-order valence-electron chi connectivity index (χ3n) is 1.63. The van der Waals surface area contributed by atoms with Crippen LogP contribution >= 0.6 is 0 Å². The highest BCUT2D eigenvalue weighted by molar-refractivity contribution is 7.86. The molecule has 0 bridgehead atoms. The molecule has 0 N–H and O–H groups in total. The standard InChI is InChI=1S/C8H18O3S/c1-4-6-7-8(3)11-12(9,10)5-2/h8H,4-7H2,1-3H3. The molecule has 0 saturated heterocycles. The lowest BCUT2D eigenvalue weighted by molar-refractivity contribution is 0.215. The number of unbranched alkanes of at least 4 members (excludes halogenated alkanes) is 1. The summed E-state index contributed by atoms with van der Waals surface area (Å²) in [6.45, 7) is 5.45. The van der Waals surface area contributed by atoms with Crippen molar-refractivity contribution in [3.05, 3.63) is 0 Å². The summed E-state index contributed by atoms with van der Waals surface area (Å²) >= 11 is 0. The van der Waals surface area contributed by atoms with Gasteiger partial charge in [0.1, 0.15) is 0 Å². The van der Waals surface area contributed by atoms with Gasteiger partial charge in [-0.25, -0.2) is 0 Å². The van der Waals surface area contributed by atoms with Gasteiger partial charge in [-0.05, 0) is 20.3 Å². The van der Waals surface area contributed by atoms with Gasteiger partial charge in [-0.3, -0.25) is 4.18 Å². The Morgan fingerprint density at radius 2 is 1.92 bits per heavy atom. The molecule has 0 radical (unpaired) electrons. The minimum absolute atomic E-state index is 0.0590. The average Bonchev–Trinajstić information content (AvgIpc) is 2.00. The van der Waals surface area contributed by atoms with Crippen LogP contribution in [0.2, 0.25) is 0 Å². The van der Waals surface area contributed by atoms with Crippen LogP contribution in [-0.4, -0.2) is 20.3 Å². The fourth-order valence-electron chi connectivity index (χ4n) is 0.858. The summed E-state index contributed by atoms with van der Waals surface area (Å²) in [5.74, 6) is 0.0590. The lowest BCUT2D eigenvalue weighted by Gasteiger charge is -2.10. The number of rotatable bonds is 6. The van der Waals surface area contributed by atoms with Crippen LogP contribution in [0.15, 0.2) is 0 Å². The second kappa shape index (κ2) is 5.54. The summed E-state index contributed by atoms with van der Waals surface area (Å²) in [4.78, 5) is 0. The quantitative estimate of drug-likeness (QED) is 0.607. The van der Waals surface area contributed by atoms with E-state index in [1.54, 1.807) is 13.8 Å². The summed E-state index contributed by atoms with van der Waals surface area (Å²) in [6.07, 6.45) is 2.73. The molecule has 3 nitrogen and oxygen atoms in total. The van der Waals surface area contributed by atoms with Crippen LogP contribution in [0.4, 0.5) is 0 Å². The van der Waals surface area contributed by atoms with Crippen molar-refractivity contribution in [1.82, 2.24) is 0 Å². The predicted molar refractivity (Wildman–Crippen MR) is 49.5 cm³/mol. The molecule has 0 aliphatic carbocycles. The zero-order valence-corrected chi connectivity index (χ0v) is 8.86. The van der Waals surface area contributed by atoms with Gasteiger partial charge in [0.2, 0.25) is 0 Å². The lowest BCUT2D eigenvalue weighted by atomic mass is 10.2. The van der Waals surface area contributed by atoms with Crippen molar-refractivity contribution in [3.8, 4) is 0 Å². The molecule has 74 valence electrons. The third-order valence-corrected chi connectivity index (χ3v) is 2.96. The molecule has 0 heterocycles. The molecule has 0 aromatic carbocycles. The van der Waals surface area contributed by atoms with E-state index in [9.17, 15) is 8.42 Å². The fourth-order valence-corrected chi connectivity index (χ4v) is 1.59. The van der Waals surface area contributed by atoms with Gasteiger partial charge in [-0.2, -0.15) is 8.42 Å². The first-order chi connectivity index (χ1) is 5.52. The summed E-state index contributed by atoms with van der Waals surface area (Å²) in [7, 11) is -3.25. The molecule has 0 saturated carbocycles. The molecule has 12 heavy (non-hydrogen) atoms. The Bertz CT molecular complexity index is 196. The van der Waals surface area contributed by atoms with E-state index >= 15 is 0 Å². The fraction of sp³-hybridized carbons (Fsp3) is 1.00. The predicted octanol–water partition coefficient (Wildman–Crippen LogP) is 1.93. The van der Waals surface area contributed by atoms with Crippen LogP contribution in [0.25, 0.3) is 0 Å². The Labute approximate surface area is 75.2 Å². The van der Waals surface area contributed by atoms with Crippen LogP contribution in [-0.2, 0) is 14.3 Å². The van der Waals surface area contributed by atoms with Gasteiger partial charge in [0, 0.05) is 0 Å². The van der Waals surface area contributed by atoms with E-state index in [-0.39, 0.29) is 11.9 Å². The van der Waals surface area contributed by atoms with Crippen molar-refractivity contribution in [2.45, 2.75) is 46.1 Å². The van der Waals surface area contributed by atoms with Crippen LogP contribution in [0, 0.1) is 0 Å². The zero-order valence-electron chi connectivity index (χ0n) is 8.04. The molecule has 0 fully saturated rings. The highest BCUT2D eigenvalue weighted by atomic mass is 32.2. The Morgan fingerprint density at radius 3 is 2.33 bits per heavy atom. The number of hydrogen-bond acceptors (Lipinski definition) is 3. The Hall–Kier alpha value is -0.0900. The number of hydrogen-bond donors (Lipinski definition) is 0. The van der Waals surface area contributed by atoms with Gasteiger partial charge < -0.3 is 0 Å². The summed E-state index contributed by atoms with van der Waals surface area (Å²) in [5, 5.41) is 0. The van der Waals surface area contributed by atoms with Crippen LogP contribution < -0.4 is 0 Å². The zero-order chi connectivity index (χ0) is 9.61. The molecule has 0 aliphatic heterocycles. The van der Waals surface area contributed by atoms with Gasteiger partial charge in [0.25, 0.3) is 10.1 Å². The first-order valence-corrected chi connectivity index (χ1v) is 6.00. The molecule has 1 atom stereocenters. The van der Waals surface area contributed by atoms with Crippen molar-refractivity contribution >= 4 is 10.1 Å². The van der Waals surface area contributed by atoms with Crippen LogP contribution in [0.1, 0.15) is 40.0 Å². The molecule has 4 heteroatoms. The maximum absolute atomic E-state index is 11.0. The van der Waals surface area contributed by atoms with Crippen molar-refractivity contribution in [2.75, 3.05) is 5.75 Å². The van der Waals surface area contributed by atoms with Crippen LogP contribution in [0.3, 0.4) is 0 Å². The molecule has 0 aromatic heterocycles. The van der Waals surface area contributed by atoms with Gasteiger partial charge in [0.15, 0.2) is 0 Å². The van der Waals surface area contributed by atoms with Gasteiger partial charge >= 0.3 is 0 Å². The van der Waals surface area contributed by atoms with Crippen molar-refractivity contribution in [3.63, 3.8) is 0 Å². The Kier molecular flexibility index (Phi) is 5.50. The van der Waals surface area contributed by atoms with E-state index in [0.717, 1.165) is 19.3 Å². The molecule has 0 aliphatic rings. The normalized spacial score (nSPS) is 14.6. The van der Waals surface area contributed by atoms with Gasteiger partial charge in [-0.15, -0.1) is 0 Å².